The third-order valence-electron chi connectivity index (χ3n) is 7.03. The number of hydrogen-bond donors (Lipinski definition) is 2. The van der Waals surface area contributed by atoms with E-state index in [4.69, 9.17) is 0 Å². The molecular formula is C28H28N10O2S2. The molecule has 14 heteroatoms. The quantitative estimate of drug-likeness (QED) is 0.260. The fourth-order valence-electron chi connectivity index (χ4n) is 4.88. The van der Waals surface area contributed by atoms with Crippen molar-refractivity contribution in [2.75, 3.05) is 24.2 Å². The molecule has 5 heterocycles. The van der Waals surface area contributed by atoms with Gasteiger partial charge in [0.15, 0.2) is 0 Å². The minimum absolute atomic E-state index is 0.152. The van der Waals surface area contributed by atoms with Crippen molar-refractivity contribution < 1.29 is 9.59 Å². The number of carbonyl (C=O) groups is 2. The lowest BCUT2D eigenvalue weighted by molar-refractivity contribution is -0.116. The van der Waals surface area contributed by atoms with Crippen LogP contribution in [-0.4, -0.2) is 67.7 Å². The largest absolute Gasteiger partial charge is 0.300 e. The van der Waals surface area contributed by atoms with Crippen LogP contribution in [0.5, 0.6) is 0 Å². The van der Waals surface area contributed by atoms with Crippen LogP contribution in [0, 0.1) is 0 Å². The molecule has 0 aromatic carbocycles. The van der Waals surface area contributed by atoms with Crippen LogP contribution >= 0.6 is 22.7 Å². The first-order chi connectivity index (χ1) is 20.5. The Morgan fingerprint density at radius 3 is 1.98 bits per heavy atom. The van der Waals surface area contributed by atoms with Crippen molar-refractivity contribution in [1.29, 1.82) is 0 Å². The topological polar surface area (TPSA) is 160 Å². The van der Waals surface area contributed by atoms with Gasteiger partial charge in [-0.2, -0.15) is 0 Å². The monoisotopic (exact) mass is 600 g/mol. The molecule has 4 aromatic heterocycles. The Kier molecular flexibility index (Phi) is 8.42. The lowest BCUT2D eigenvalue weighted by atomic mass is 9.82. The lowest BCUT2D eigenvalue weighted by Crippen LogP contribution is -2.15. The number of amides is 2. The van der Waals surface area contributed by atoms with Gasteiger partial charge in [-0.1, -0.05) is 35.2 Å². The van der Waals surface area contributed by atoms with Gasteiger partial charge in [0.05, 0.1) is 25.1 Å². The van der Waals surface area contributed by atoms with Crippen LogP contribution < -0.4 is 10.6 Å². The van der Waals surface area contributed by atoms with Crippen molar-refractivity contribution in [2.24, 2.45) is 9.98 Å². The average Bonchev–Trinajstić information content (AvgIpc) is 3.57. The summed E-state index contributed by atoms with van der Waals surface area (Å²) in [5, 5.41) is 25.7. The normalized spacial score (nSPS) is 18.1. The molecule has 1 fully saturated rings. The summed E-state index contributed by atoms with van der Waals surface area (Å²) in [6.45, 7) is 0.771. The van der Waals surface area contributed by atoms with Crippen LogP contribution in [0.4, 0.5) is 10.3 Å². The lowest BCUT2D eigenvalue weighted by Gasteiger charge is -2.25. The van der Waals surface area contributed by atoms with Gasteiger partial charge < -0.3 is 10.6 Å². The first kappa shape index (κ1) is 27.8. The molecule has 0 spiro atoms. The summed E-state index contributed by atoms with van der Waals surface area (Å²) in [5.74, 6) is 0.0811. The predicted molar refractivity (Wildman–Crippen MR) is 162 cm³/mol. The highest BCUT2D eigenvalue weighted by Crippen LogP contribution is 2.43. The summed E-state index contributed by atoms with van der Waals surface area (Å²) < 4.78 is 0. The smallest absolute Gasteiger partial charge is 0.232 e. The fraction of sp³-hybridized carbons (Fsp3) is 0.357. The number of hydrogen-bond acceptors (Lipinski definition) is 12. The van der Waals surface area contributed by atoms with E-state index < -0.39 is 0 Å². The molecule has 2 N–H and O–H groups in total. The molecule has 214 valence electrons. The number of aliphatic imine (C=N–C) groups is 2. The molecule has 1 aliphatic carbocycles. The number of nitrogens with zero attached hydrogens (tertiary/aromatic N) is 8. The molecule has 1 aliphatic heterocycles. The second-order valence-corrected chi connectivity index (χ2v) is 12.2. The highest BCUT2D eigenvalue weighted by Gasteiger charge is 2.29. The Morgan fingerprint density at radius 1 is 0.881 bits per heavy atom. The van der Waals surface area contributed by atoms with Crippen molar-refractivity contribution in [3.05, 3.63) is 69.2 Å². The zero-order valence-corrected chi connectivity index (χ0v) is 24.5. The zero-order chi connectivity index (χ0) is 28.9. The van der Waals surface area contributed by atoms with Gasteiger partial charge in [0.2, 0.25) is 22.1 Å². The standard InChI is InChI=1S/C28H28N10O2S2/c1-29-12-16-5-7-20(30-13-16)10-23(39)33-27-37-35-25(41-27)17-3-2-4-18(9-17)26-36-38-28(42-26)34-24(40)11-21-8-6-19(14-31-21)22-15-32-22/h5-8,12-14,17-18H,2-4,9-11,15H2,1H3,(H,33,37,39)(H,34,38,40)/t17-,18-/m0/s1. The van der Waals surface area contributed by atoms with Gasteiger partial charge >= 0.3 is 0 Å². The van der Waals surface area contributed by atoms with Crippen molar-refractivity contribution >= 4 is 56.7 Å². The number of anilines is 2. The van der Waals surface area contributed by atoms with Crippen molar-refractivity contribution in [1.82, 2.24) is 30.4 Å². The second kappa shape index (κ2) is 12.7. The second-order valence-electron chi connectivity index (χ2n) is 10.2. The Morgan fingerprint density at radius 2 is 1.48 bits per heavy atom. The van der Waals surface area contributed by atoms with Gasteiger partial charge in [-0.15, -0.1) is 20.4 Å². The van der Waals surface area contributed by atoms with Crippen molar-refractivity contribution in [3.8, 4) is 0 Å². The Balaban J connectivity index is 1.00. The molecule has 0 bridgehead atoms. The van der Waals surface area contributed by atoms with Crippen LogP contribution in [0.15, 0.2) is 46.6 Å². The van der Waals surface area contributed by atoms with E-state index in [1.807, 2.05) is 24.3 Å². The van der Waals surface area contributed by atoms with Gasteiger partial charge in [-0.3, -0.25) is 29.5 Å². The number of carbonyl (C=O) groups excluding carboxylic acids is 2. The van der Waals surface area contributed by atoms with Crippen molar-refractivity contribution in [3.63, 3.8) is 0 Å². The van der Waals surface area contributed by atoms with Crippen LogP contribution in [0.3, 0.4) is 0 Å². The first-order valence-electron chi connectivity index (χ1n) is 13.6. The molecule has 42 heavy (non-hydrogen) atoms. The summed E-state index contributed by atoms with van der Waals surface area (Å²) in [6, 6.07) is 7.49. The summed E-state index contributed by atoms with van der Waals surface area (Å²) in [5.41, 5.74) is 4.31. The van der Waals surface area contributed by atoms with Crippen molar-refractivity contribution in [2.45, 2.75) is 50.4 Å². The maximum atomic E-state index is 12.6. The summed E-state index contributed by atoms with van der Waals surface area (Å²) in [6.07, 6.45) is 9.36. The third kappa shape index (κ3) is 7.12. The average molecular weight is 601 g/mol. The molecule has 4 aromatic rings. The number of aromatic nitrogens is 6. The maximum Gasteiger partial charge on any atom is 0.232 e. The molecule has 2 aliphatic rings. The molecule has 2 amide bonds. The highest BCUT2D eigenvalue weighted by molar-refractivity contribution is 7.15. The number of pyridine rings is 2. The van der Waals surface area contributed by atoms with E-state index in [0.717, 1.165) is 59.1 Å². The summed E-state index contributed by atoms with van der Waals surface area (Å²) in [4.78, 5) is 41.9. The van der Waals surface area contributed by atoms with Crippen LogP contribution in [0.2, 0.25) is 0 Å². The summed E-state index contributed by atoms with van der Waals surface area (Å²) in [7, 11) is 1.70. The Bertz CT molecular complexity index is 1630. The molecule has 0 saturated heterocycles. The van der Waals surface area contributed by atoms with E-state index in [1.165, 1.54) is 22.7 Å². The summed E-state index contributed by atoms with van der Waals surface area (Å²) >= 11 is 2.83. The molecule has 0 unspecified atom stereocenters. The van der Waals surface area contributed by atoms with E-state index in [-0.39, 0.29) is 36.5 Å². The maximum absolute atomic E-state index is 12.6. The molecule has 2 atom stereocenters. The Labute approximate surface area is 249 Å². The van der Waals surface area contributed by atoms with Crippen LogP contribution in [-0.2, 0) is 22.4 Å². The zero-order valence-electron chi connectivity index (χ0n) is 22.9. The van der Waals surface area contributed by atoms with E-state index in [0.29, 0.717) is 21.7 Å². The van der Waals surface area contributed by atoms with E-state index in [2.05, 4.69) is 51.0 Å². The van der Waals surface area contributed by atoms with E-state index in [1.54, 1.807) is 25.7 Å². The highest BCUT2D eigenvalue weighted by atomic mass is 32.1. The van der Waals surface area contributed by atoms with Gasteiger partial charge in [-0.25, -0.2) is 0 Å². The van der Waals surface area contributed by atoms with E-state index >= 15 is 0 Å². The third-order valence-corrected chi connectivity index (χ3v) is 9.03. The Hall–Kier alpha value is -4.30. The molecule has 0 radical (unpaired) electrons. The van der Waals surface area contributed by atoms with E-state index in [9.17, 15) is 9.59 Å². The SMILES string of the molecule is CN=Cc1ccc(CC(=O)Nc2nnc([C@H]3CCC[C@H](c4nnc(NC(=O)Cc5ccc(C6=NC6)cn5)s4)C3)s2)nc1. The van der Waals surface area contributed by atoms with Gasteiger partial charge in [0.1, 0.15) is 10.0 Å². The number of nitrogens with one attached hydrogen (secondary N) is 2. The van der Waals surface area contributed by atoms with Gasteiger partial charge in [0, 0.05) is 60.0 Å². The predicted octanol–water partition coefficient (Wildman–Crippen LogP) is 3.83. The minimum Gasteiger partial charge on any atom is -0.300 e. The van der Waals surface area contributed by atoms with Crippen LogP contribution in [0.1, 0.15) is 70.0 Å². The fourth-order valence-corrected chi connectivity index (χ4v) is 6.70. The minimum atomic E-state index is -0.187. The van der Waals surface area contributed by atoms with Gasteiger partial charge in [-0.05, 0) is 37.5 Å². The molecular weight excluding hydrogens is 573 g/mol. The van der Waals surface area contributed by atoms with Crippen LogP contribution in [0.25, 0.3) is 0 Å². The first-order valence-corrected chi connectivity index (χ1v) is 15.3. The molecule has 1 saturated carbocycles. The molecule has 6 rings (SSSR count). The van der Waals surface area contributed by atoms with Gasteiger partial charge in [0.25, 0.3) is 0 Å². The number of rotatable bonds is 10. The molecule has 12 nitrogen and oxygen atoms in total.